The van der Waals surface area contributed by atoms with Crippen molar-refractivity contribution in [2.75, 3.05) is 27.8 Å². The Kier molecular flexibility index (Phi) is 5.02. The van der Waals surface area contributed by atoms with Crippen LogP contribution < -0.4 is 9.47 Å². The summed E-state index contributed by atoms with van der Waals surface area (Å²) in [5, 5.41) is 0. The molecule has 3 rings (SSSR count). The van der Waals surface area contributed by atoms with Crippen LogP contribution in [0.1, 0.15) is 24.8 Å². The summed E-state index contributed by atoms with van der Waals surface area (Å²) in [6, 6.07) is 6.38. The van der Waals surface area contributed by atoms with Gasteiger partial charge in [-0.1, -0.05) is 6.07 Å². The largest absolute Gasteiger partial charge is 0.493 e. The van der Waals surface area contributed by atoms with E-state index >= 15 is 0 Å². The van der Waals surface area contributed by atoms with Gasteiger partial charge in [-0.25, -0.2) is 0 Å². The normalized spacial score (nSPS) is 26.9. The van der Waals surface area contributed by atoms with Gasteiger partial charge in [0.2, 0.25) is 0 Å². The molecule has 7 heteroatoms. The van der Waals surface area contributed by atoms with E-state index in [2.05, 4.69) is 24.1 Å². The van der Waals surface area contributed by atoms with Gasteiger partial charge in [0, 0.05) is 17.9 Å². The molecule has 1 aromatic rings. The standard InChI is InChI=1S/C17H24NO5P/c1-18-9-8-17(7-6-13(11-16(17)18)23-24(19)20)12-4-5-14(21-2)15(10-12)22-3/h4-6,10,16,19-20H,7-9,11H2,1-3H3/t16?,17-/m0/s1. The fraction of sp³-hybridized carbons (Fsp3) is 0.529. The fourth-order valence-corrected chi connectivity index (χ4v) is 4.42. The number of ether oxygens (including phenoxy) is 2. The molecule has 1 saturated heterocycles. The smallest absolute Gasteiger partial charge is 0.391 e. The van der Waals surface area contributed by atoms with Crippen LogP contribution in [-0.4, -0.2) is 48.5 Å². The first-order valence-electron chi connectivity index (χ1n) is 7.98. The van der Waals surface area contributed by atoms with Crippen LogP contribution in [0.25, 0.3) is 0 Å². The molecule has 0 radical (unpaired) electrons. The first-order chi connectivity index (χ1) is 11.5. The molecule has 2 aliphatic rings. The van der Waals surface area contributed by atoms with Crippen molar-refractivity contribution in [3.63, 3.8) is 0 Å². The third-order valence-corrected chi connectivity index (χ3v) is 5.72. The van der Waals surface area contributed by atoms with Crippen LogP contribution in [0.4, 0.5) is 0 Å². The van der Waals surface area contributed by atoms with Crippen molar-refractivity contribution in [2.45, 2.75) is 30.7 Å². The number of nitrogens with zero attached hydrogens (tertiary/aromatic N) is 1. The molecule has 1 aliphatic carbocycles. The molecule has 0 spiro atoms. The van der Waals surface area contributed by atoms with Crippen molar-refractivity contribution in [1.29, 1.82) is 0 Å². The highest BCUT2D eigenvalue weighted by Crippen LogP contribution is 2.50. The zero-order valence-electron chi connectivity index (χ0n) is 14.2. The lowest BCUT2D eigenvalue weighted by Crippen LogP contribution is -2.43. The van der Waals surface area contributed by atoms with Gasteiger partial charge in [0.1, 0.15) is 5.76 Å². The molecule has 1 heterocycles. The lowest BCUT2D eigenvalue weighted by atomic mass is 9.68. The monoisotopic (exact) mass is 353 g/mol. The van der Waals surface area contributed by atoms with Gasteiger partial charge in [-0.05, 0) is 50.2 Å². The summed E-state index contributed by atoms with van der Waals surface area (Å²) in [4.78, 5) is 20.6. The topological polar surface area (TPSA) is 71.4 Å². The number of allylic oxidation sites excluding steroid dienone is 1. The summed E-state index contributed by atoms with van der Waals surface area (Å²) in [6.45, 7) is 0.993. The van der Waals surface area contributed by atoms with Gasteiger partial charge in [0.15, 0.2) is 11.5 Å². The summed E-state index contributed by atoms with van der Waals surface area (Å²) in [5.41, 5.74) is 1.20. The summed E-state index contributed by atoms with van der Waals surface area (Å²) in [6.07, 6.45) is 4.51. The Morgan fingerprint density at radius 3 is 2.62 bits per heavy atom. The quantitative estimate of drug-likeness (QED) is 0.793. The third kappa shape index (κ3) is 3.00. The maximum Gasteiger partial charge on any atom is 0.391 e. The Labute approximate surface area is 143 Å². The number of benzene rings is 1. The summed E-state index contributed by atoms with van der Waals surface area (Å²) in [5.74, 6) is 2.13. The van der Waals surface area contributed by atoms with Crippen LogP contribution in [0.5, 0.6) is 11.5 Å². The molecular formula is C17H24NO5P. The number of hydrogen-bond acceptors (Lipinski definition) is 6. The Morgan fingerprint density at radius 2 is 1.96 bits per heavy atom. The Bertz CT molecular complexity index is 635. The van der Waals surface area contributed by atoms with Crippen molar-refractivity contribution in [1.82, 2.24) is 4.90 Å². The zero-order valence-corrected chi connectivity index (χ0v) is 15.1. The highest BCUT2D eigenvalue weighted by molar-refractivity contribution is 7.39. The molecule has 1 unspecified atom stereocenters. The minimum Gasteiger partial charge on any atom is -0.493 e. The van der Waals surface area contributed by atoms with Gasteiger partial charge in [0.05, 0.1) is 14.2 Å². The summed E-state index contributed by atoms with van der Waals surface area (Å²) >= 11 is 0. The van der Waals surface area contributed by atoms with E-state index in [-0.39, 0.29) is 11.5 Å². The highest BCUT2D eigenvalue weighted by Gasteiger charge is 2.49. The van der Waals surface area contributed by atoms with E-state index in [1.165, 1.54) is 5.56 Å². The Hall–Kier alpha value is -1.33. The van der Waals surface area contributed by atoms with E-state index in [1.807, 2.05) is 12.1 Å². The third-order valence-electron chi connectivity index (χ3n) is 5.33. The molecular weight excluding hydrogens is 329 g/mol. The van der Waals surface area contributed by atoms with Crippen LogP contribution in [0.2, 0.25) is 0 Å². The second kappa shape index (κ2) is 6.89. The van der Waals surface area contributed by atoms with E-state index < -0.39 is 8.60 Å². The molecule has 1 aromatic carbocycles. The summed E-state index contributed by atoms with van der Waals surface area (Å²) < 4.78 is 16.0. The molecule has 6 nitrogen and oxygen atoms in total. The van der Waals surface area contributed by atoms with Crippen LogP contribution >= 0.6 is 8.60 Å². The molecule has 132 valence electrons. The molecule has 0 aromatic heterocycles. The van der Waals surface area contributed by atoms with E-state index in [0.717, 1.165) is 30.9 Å². The van der Waals surface area contributed by atoms with Crippen LogP contribution in [-0.2, 0) is 9.94 Å². The molecule has 24 heavy (non-hydrogen) atoms. The first kappa shape index (κ1) is 17.5. The van der Waals surface area contributed by atoms with Crippen LogP contribution in [0.3, 0.4) is 0 Å². The first-order valence-corrected chi connectivity index (χ1v) is 9.14. The molecule has 2 atom stereocenters. The van der Waals surface area contributed by atoms with Gasteiger partial charge in [-0.2, -0.15) is 0 Å². The lowest BCUT2D eigenvalue weighted by Gasteiger charge is -2.41. The maximum absolute atomic E-state index is 9.13. The van der Waals surface area contributed by atoms with Crippen molar-refractivity contribution in [3.8, 4) is 11.5 Å². The van der Waals surface area contributed by atoms with Crippen molar-refractivity contribution in [2.24, 2.45) is 0 Å². The lowest BCUT2D eigenvalue weighted by molar-refractivity contribution is 0.196. The Balaban J connectivity index is 1.97. The van der Waals surface area contributed by atoms with Gasteiger partial charge in [-0.15, -0.1) is 0 Å². The predicted octanol–water partition coefficient (Wildman–Crippen LogP) is 2.55. The average Bonchev–Trinajstić information content (AvgIpc) is 2.91. The number of likely N-dealkylation sites (tertiary alicyclic amines) is 1. The minimum absolute atomic E-state index is 0.0190. The molecule has 0 saturated carbocycles. The zero-order chi connectivity index (χ0) is 17.3. The molecule has 1 fully saturated rings. The van der Waals surface area contributed by atoms with Crippen molar-refractivity contribution in [3.05, 3.63) is 35.6 Å². The Morgan fingerprint density at radius 1 is 1.21 bits per heavy atom. The van der Waals surface area contributed by atoms with Crippen LogP contribution in [0.15, 0.2) is 30.0 Å². The highest BCUT2D eigenvalue weighted by atomic mass is 31.2. The predicted molar refractivity (Wildman–Crippen MR) is 92.0 cm³/mol. The number of likely N-dealkylation sites (N-methyl/N-ethyl adjacent to an activating group) is 1. The number of rotatable bonds is 5. The minimum atomic E-state index is -2.36. The SMILES string of the molecule is COc1ccc([C@@]23CC=C(OP(O)O)CC2N(C)CC3)cc1OC. The van der Waals surface area contributed by atoms with E-state index in [1.54, 1.807) is 14.2 Å². The van der Waals surface area contributed by atoms with Gasteiger partial charge < -0.3 is 28.7 Å². The van der Waals surface area contributed by atoms with Gasteiger partial charge >= 0.3 is 8.60 Å². The molecule has 0 bridgehead atoms. The van der Waals surface area contributed by atoms with Crippen molar-refractivity contribution < 1.29 is 23.8 Å². The van der Waals surface area contributed by atoms with Crippen LogP contribution in [0, 0.1) is 0 Å². The maximum atomic E-state index is 9.13. The van der Waals surface area contributed by atoms with E-state index in [0.29, 0.717) is 12.2 Å². The molecule has 0 amide bonds. The fourth-order valence-electron chi connectivity index (χ4n) is 4.06. The van der Waals surface area contributed by atoms with Crippen molar-refractivity contribution >= 4 is 8.60 Å². The number of methoxy groups -OCH3 is 2. The summed E-state index contributed by atoms with van der Waals surface area (Å²) in [7, 11) is 3.03. The number of fused-ring (bicyclic) bond motifs is 1. The second-order valence-electron chi connectivity index (χ2n) is 6.40. The van der Waals surface area contributed by atoms with E-state index in [9.17, 15) is 0 Å². The average molecular weight is 353 g/mol. The number of hydrogen-bond donors (Lipinski definition) is 2. The van der Waals surface area contributed by atoms with Gasteiger partial charge in [-0.3, -0.25) is 0 Å². The molecule has 1 aliphatic heterocycles. The second-order valence-corrected chi connectivity index (χ2v) is 7.08. The van der Waals surface area contributed by atoms with E-state index in [4.69, 9.17) is 23.8 Å². The van der Waals surface area contributed by atoms with Gasteiger partial charge in [0.25, 0.3) is 0 Å². The molecule has 2 N–H and O–H groups in total.